The quantitative estimate of drug-likeness (QED) is 0.910. The molecule has 0 bridgehead atoms. The molecule has 1 saturated carbocycles. The van der Waals surface area contributed by atoms with Crippen LogP contribution in [0.4, 0.5) is 4.39 Å². The summed E-state index contributed by atoms with van der Waals surface area (Å²) in [6.45, 7) is 5.09. The van der Waals surface area contributed by atoms with Crippen molar-refractivity contribution in [3.8, 4) is 0 Å². The number of nitrogens with zero attached hydrogens (tertiary/aromatic N) is 1. The second-order valence-electron chi connectivity index (χ2n) is 6.38. The van der Waals surface area contributed by atoms with Crippen LogP contribution in [0.5, 0.6) is 0 Å². The van der Waals surface area contributed by atoms with Gasteiger partial charge in [-0.2, -0.15) is 0 Å². The van der Waals surface area contributed by atoms with Crippen molar-refractivity contribution < 1.29 is 9.50 Å². The maximum Gasteiger partial charge on any atom is 0.127 e. The van der Waals surface area contributed by atoms with E-state index in [9.17, 15) is 9.50 Å². The first kappa shape index (κ1) is 15.5. The Morgan fingerprint density at radius 1 is 1.35 bits per heavy atom. The number of benzene rings is 1. The second kappa shape index (κ2) is 6.68. The summed E-state index contributed by atoms with van der Waals surface area (Å²) in [7, 11) is 2.02. The number of aliphatic hydroxyl groups excluding tert-OH is 1. The van der Waals surface area contributed by atoms with Gasteiger partial charge >= 0.3 is 0 Å². The molecular formula is C17H26FNO. The molecular weight excluding hydrogens is 253 g/mol. The zero-order valence-corrected chi connectivity index (χ0v) is 12.7. The standard InChI is InChI=1S/C17H26FNO/c1-12-8-9-17(20)14(10-12)11-19(3)13(2)15-6-4-5-7-16(15)18/h4-7,12-14,17,20H,8-11H2,1-3H3. The first-order chi connectivity index (χ1) is 9.49. The lowest BCUT2D eigenvalue weighted by atomic mass is 9.80. The molecule has 0 saturated heterocycles. The van der Waals surface area contributed by atoms with Gasteiger partial charge in [-0.1, -0.05) is 25.1 Å². The van der Waals surface area contributed by atoms with Gasteiger partial charge in [0, 0.05) is 18.2 Å². The highest BCUT2D eigenvalue weighted by Crippen LogP contribution is 2.31. The Balaban J connectivity index is 2.00. The van der Waals surface area contributed by atoms with Crippen molar-refractivity contribution >= 4 is 0 Å². The van der Waals surface area contributed by atoms with Crippen molar-refractivity contribution in [2.45, 2.75) is 45.3 Å². The molecule has 1 aromatic carbocycles. The molecule has 0 amide bonds. The minimum atomic E-state index is -0.207. The van der Waals surface area contributed by atoms with Crippen LogP contribution in [0.25, 0.3) is 0 Å². The highest BCUT2D eigenvalue weighted by Gasteiger charge is 2.29. The number of hydrogen-bond donors (Lipinski definition) is 1. The summed E-state index contributed by atoms with van der Waals surface area (Å²) in [4.78, 5) is 2.16. The monoisotopic (exact) mass is 279 g/mol. The molecule has 1 aromatic rings. The number of aliphatic hydroxyl groups is 1. The highest BCUT2D eigenvalue weighted by atomic mass is 19.1. The molecule has 1 aliphatic carbocycles. The fourth-order valence-corrected chi connectivity index (χ4v) is 3.26. The van der Waals surface area contributed by atoms with E-state index in [1.54, 1.807) is 6.07 Å². The van der Waals surface area contributed by atoms with E-state index in [-0.39, 0.29) is 18.0 Å². The number of halogens is 1. The van der Waals surface area contributed by atoms with Crippen LogP contribution in [-0.4, -0.2) is 29.7 Å². The van der Waals surface area contributed by atoms with E-state index in [1.807, 2.05) is 26.1 Å². The Morgan fingerprint density at radius 3 is 2.75 bits per heavy atom. The third kappa shape index (κ3) is 3.58. The van der Waals surface area contributed by atoms with Crippen molar-refractivity contribution in [2.24, 2.45) is 11.8 Å². The second-order valence-corrected chi connectivity index (χ2v) is 6.38. The van der Waals surface area contributed by atoms with Gasteiger partial charge in [-0.25, -0.2) is 4.39 Å². The summed E-state index contributed by atoms with van der Waals surface area (Å²) >= 11 is 0. The van der Waals surface area contributed by atoms with E-state index in [2.05, 4.69) is 11.8 Å². The minimum Gasteiger partial charge on any atom is -0.393 e. The van der Waals surface area contributed by atoms with Crippen molar-refractivity contribution in [1.82, 2.24) is 4.90 Å². The van der Waals surface area contributed by atoms with E-state index in [1.165, 1.54) is 6.07 Å². The van der Waals surface area contributed by atoms with Crippen LogP contribution < -0.4 is 0 Å². The first-order valence-corrected chi connectivity index (χ1v) is 7.61. The van der Waals surface area contributed by atoms with Gasteiger partial charge in [0.25, 0.3) is 0 Å². The van der Waals surface area contributed by atoms with Crippen molar-refractivity contribution in [2.75, 3.05) is 13.6 Å². The van der Waals surface area contributed by atoms with E-state index >= 15 is 0 Å². The molecule has 20 heavy (non-hydrogen) atoms. The first-order valence-electron chi connectivity index (χ1n) is 7.61. The lowest BCUT2D eigenvalue weighted by molar-refractivity contribution is 0.0287. The fourth-order valence-electron chi connectivity index (χ4n) is 3.26. The molecule has 0 aromatic heterocycles. The molecule has 4 unspecified atom stereocenters. The minimum absolute atomic E-state index is 0.0284. The van der Waals surface area contributed by atoms with Gasteiger partial charge in [0.1, 0.15) is 5.82 Å². The Hall–Kier alpha value is -0.930. The Bertz CT molecular complexity index is 437. The smallest absolute Gasteiger partial charge is 0.127 e. The molecule has 1 fully saturated rings. The van der Waals surface area contributed by atoms with Gasteiger partial charge in [-0.3, -0.25) is 4.90 Å². The van der Waals surface area contributed by atoms with Crippen LogP contribution in [-0.2, 0) is 0 Å². The van der Waals surface area contributed by atoms with Crippen LogP contribution in [0.3, 0.4) is 0 Å². The Labute approximate surface area is 121 Å². The summed E-state index contributed by atoms with van der Waals surface area (Å²) in [6, 6.07) is 6.98. The lowest BCUT2D eigenvalue weighted by Gasteiger charge is -2.36. The van der Waals surface area contributed by atoms with Crippen LogP contribution in [0.1, 0.15) is 44.7 Å². The number of rotatable bonds is 4. The maximum atomic E-state index is 13.8. The summed E-state index contributed by atoms with van der Waals surface area (Å²) in [5, 5.41) is 10.1. The van der Waals surface area contributed by atoms with Crippen LogP contribution >= 0.6 is 0 Å². The fraction of sp³-hybridized carbons (Fsp3) is 0.647. The molecule has 3 heteroatoms. The third-order valence-corrected chi connectivity index (χ3v) is 4.74. The average Bonchev–Trinajstić information content (AvgIpc) is 2.42. The maximum absolute atomic E-state index is 13.8. The largest absolute Gasteiger partial charge is 0.393 e. The van der Waals surface area contributed by atoms with E-state index in [0.717, 1.165) is 31.4 Å². The van der Waals surface area contributed by atoms with Gasteiger partial charge in [-0.05, 0) is 51.1 Å². The summed E-state index contributed by atoms with van der Waals surface area (Å²) in [5.41, 5.74) is 0.730. The summed E-state index contributed by atoms with van der Waals surface area (Å²) in [6.07, 6.45) is 2.87. The molecule has 1 aliphatic rings. The zero-order chi connectivity index (χ0) is 14.7. The molecule has 112 valence electrons. The Kier molecular flexibility index (Phi) is 5.17. The summed E-state index contributed by atoms with van der Waals surface area (Å²) in [5.74, 6) is 0.836. The van der Waals surface area contributed by atoms with Crippen LogP contribution in [0.15, 0.2) is 24.3 Å². The van der Waals surface area contributed by atoms with E-state index < -0.39 is 0 Å². The molecule has 2 rings (SSSR count). The summed E-state index contributed by atoms with van der Waals surface area (Å²) < 4.78 is 13.8. The van der Waals surface area contributed by atoms with Gasteiger partial charge in [-0.15, -0.1) is 0 Å². The molecule has 1 N–H and O–H groups in total. The van der Waals surface area contributed by atoms with Gasteiger partial charge in [0.05, 0.1) is 6.10 Å². The van der Waals surface area contributed by atoms with E-state index in [4.69, 9.17) is 0 Å². The molecule has 0 heterocycles. The van der Waals surface area contributed by atoms with Crippen molar-refractivity contribution in [3.63, 3.8) is 0 Å². The van der Waals surface area contributed by atoms with Gasteiger partial charge < -0.3 is 5.11 Å². The normalized spacial score (nSPS) is 28.6. The van der Waals surface area contributed by atoms with Crippen LogP contribution in [0.2, 0.25) is 0 Å². The van der Waals surface area contributed by atoms with Crippen LogP contribution in [0, 0.1) is 17.7 Å². The molecule has 4 atom stereocenters. The van der Waals surface area contributed by atoms with E-state index in [0.29, 0.717) is 11.8 Å². The van der Waals surface area contributed by atoms with Crippen molar-refractivity contribution in [1.29, 1.82) is 0 Å². The lowest BCUT2D eigenvalue weighted by Crippen LogP contribution is -2.38. The number of hydrogen-bond acceptors (Lipinski definition) is 2. The molecule has 2 nitrogen and oxygen atoms in total. The Morgan fingerprint density at radius 2 is 2.05 bits per heavy atom. The molecule has 0 radical (unpaired) electrons. The van der Waals surface area contributed by atoms with Crippen molar-refractivity contribution in [3.05, 3.63) is 35.6 Å². The highest BCUT2D eigenvalue weighted by molar-refractivity contribution is 5.20. The zero-order valence-electron chi connectivity index (χ0n) is 12.7. The topological polar surface area (TPSA) is 23.5 Å². The van der Waals surface area contributed by atoms with Gasteiger partial charge in [0.2, 0.25) is 0 Å². The average molecular weight is 279 g/mol. The molecule has 0 aliphatic heterocycles. The SMILES string of the molecule is CC1CCC(O)C(CN(C)C(C)c2ccccc2F)C1. The van der Waals surface area contributed by atoms with Gasteiger partial charge in [0.15, 0.2) is 0 Å². The molecule has 0 spiro atoms. The predicted molar refractivity (Wildman–Crippen MR) is 80.0 cm³/mol. The predicted octanol–water partition coefficient (Wildman–Crippen LogP) is 3.62. The third-order valence-electron chi connectivity index (χ3n) is 4.74.